The van der Waals surface area contributed by atoms with Gasteiger partial charge in [-0.2, -0.15) is 0 Å². The Morgan fingerprint density at radius 1 is 1.36 bits per heavy atom. The van der Waals surface area contributed by atoms with Crippen molar-refractivity contribution < 1.29 is 19.4 Å². The van der Waals surface area contributed by atoms with E-state index in [4.69, 9.17) is 4.74 Å². The summed E-state index contributed by atoms with van der Waals surface area (Å²) in [5.74, 6) is -1.12. The standard InChI is InChI=1S/C20H25N3O5/c1-14-5-3-6-15-17(14)21-13-23(18(15)25)10-7-16(24)22-9-4-8-20(11-22,12-28-2)19(26)27/h3,5-6,13H,4,7-12H2,1-2H3,(H,26,27). The van der Waals surface area contributed by atoms with E-state index in [1.165, 1.54) is 18.0 Å². The van der Waals surface area contributed by atoms with Gasteiger partial charge >= 0.3 is 5.97 Å². The maximum atomic E-state index is 12.7. The lowest BCUT2D eigenvalue weighted by Crippen LogP contribution is -2.52. The van der Waals surface area contributed by atoms with Crippen LogP contribution in [0.5, 0.6) is 0 Å². The van der Waals surface area contributed by atoms with E-state index in [9.17, 15) is 19.5 Å². The molecule has 2 aromatic rings. The molecule has 28 heavy (non-hydrogen) atoms. The third-order valence-electron chi connectivity index (χ3n) is 5.43. The normalized spacial score (nSPS) is 19.7. The Balaban J connectivity index is 1.72. The first kappa shape index (κ1) is 20.0. The molecule has 3 rings (SSSR count). The predicted octanol–water partition coefficient (Wildman–Crippen LogP) is 1.43. The number of methoxy groups -OCH3 is 1. The number of carboxylic acids is 1. The van der Waals surface area contributed by atoms with E-state index in [0.29, 0.717) is 30.3 Å². The summed E-state index contributed by atoms with van der Waals surface area (Å²) in [5.41, 5.74) is 0.340. The number of amides is 1. The molecule has 0 aliphatic carbocycles. The lowest BCUT2D eigenvalue weighted by atomic mass is 9.80. The largest absolute Gasteiger partial charge is 0.481 e. The van der Waals surface area contributed by atoms with Crippen LogP contribution in [0.4, 0.5) is 0 Å². The summed E-state index contributed by atoms with van der Waals surface area (Å²) in [7, 11) is 1.46. The number of carbonyl (C=O) groups is 2. The van der Waals surface area contributed by atoms with Crippen LogP contribution in [0.1, 0.15) is 24.8 Å². The van der Waals surface area contributed by atoms with Crippen molar-refractivity contribution in [2.45, 2.75) is 32.7 Å². The minimum atomic E-state index is -1.07. The Bertz CT molecular complexity index is 950. The van der Waals surface area contributed by atoms with Gasteiger partial charge in [-0.05, 0) is 31.4 Å². The smallest absolute Gasteiger partial charge is 0.313 e. The molecule has 0 radical (unpaired) electrons. The van der Waals surface area contributed by atoms with E-state index in [1.54, 1.807) is 11.0 Å². The van der Waals surface area contributed by atoms with Gasteiger partial charge in [0, 0.05) is 33.2 Å². The van der Waals surface area contributed by atoms with Gasteiger partial charge in [0.1, 0.15) is 5.41 Å². The van der Waals surface area contributed by atoms with Crippen molar-refractivity contribution in [3.05, 3.63) is 40.4 Å². The number of carbonyl (C=O) groups excluding carboxylic acids is 1. The van der Waals surface area contributed by atoms with E-state index in [0.717, 1.165) is 5.56 Å². The van der Waals surface area contributed by atoms with Gasteiger partial charge in [0.2, 0.25) is 5.91 Å². The number of ether oxygens (including phenoxy) is 1. The highest BCUT2D eigenvalue weighted by Crippen LogP contribution is 2.31. The first-order chi connectivity index (χ1) is 13.4. The molecule has 150 valence electrons. The summed E-state index contributed by atoms with van der Waals surface area (Å²) in [6.45, 7) is 2.81. The first-order valence-electron chi connectivity index (χ1n) is 9.33. The van der Waals surface area contributed by atoms with Crippen LogP contribution in [0.25, 0.3) is 10.9 Å². The van der Waals surface area contributed by atoms with Crippen molar-refractivity contribution >= 4 is 22.8 Å². The summed E-state index contributed by atoms with van der Waals surface area (Å²) >= 11 is 0. The molecule has 8 nitrogen and oxygen atoms in total. The van der Waals surface area contributed by atoms with Crippen molar-refractivity contribution in [3.8, 4) is 0 Å². The van der Waals surface area contributed by atoms with Crippen LogP contribution in [0.2, 0.25) is 0 Å². The second-order valence-electron chi connectivity index (χ2n) is 7.40. The second-order valence-corrected chi connectivity index (χ2v) is 7.40. The van der Waals surface area contributed by atoms with Gasteiger partial charge in [-0.15, -0.1) is 0 Å². The fourth-order valence-corrected chi connectivity index (χ4v) is 3.85. The highest BCUT2D eigenvalue weighted by Gasteiger charge is 2.43. The fraction of sp³-hybridized carbons (Fsp3) is 0.500. The minimum absolute atomic E-state index is 0.0690. The van der Waals surface area contributed by atoms with E-state index < -0.39 is 11.4 Å². The van der Waals surface area contributed by atoms with Crippen molar-refractivity contribution in [1.29, 1.82) is 0 Å². The Labute approximate surface area is 162 Å². The molecule has 1 unspecified atom stereocenters. The number of benzene rings is 1. The summed E-state index contributed by atoms with van der Waals surface area (Å²) in [4.78, 5) is 43.0. The van der Waals surface area contributed by atoms with E-state index in [2.05, 4.69) is 4.98 Å². The molecule has 0 bridgehead atoms. The first-order valence-corrected chi connectivity index (χ1v) is 9.33. The number of aromatic nitrogens is 2. The third-order valence-corrected chi connectivity index (χ3v) is 5.43. The van der Waals surface area contributed by atoms with Crippen molar-refractivity contribution in [1.82, 2.24) is 14.5 Å². The van der Waals surface area contributed by atoms with Gasteiger partial charge < -0.3 is 14.7 Å². The van der Waals surface area contributed by atoms with Crippen LogP contribution in [-0.2, 0) is 20.9 Å². The molecule has 1 aliphatic rings. The van der Waals surface area contributed by atoms with Gasteiger partial charge in [-0.3, -0.25) is 19.0 Å². The zero-order valence-electron chi connectivity index (χ0n) is 16.2. The number of fused-ring (bicyclic) bond motifs is 1. The lowest BCUT2D eigenvalue weighted by molar-refractivity contribution is -0.159. The molecule has 1 N–H and O–H groups in total. The average molecular weight is 387 g/mol. The molecule has 1 aliphatic heterocycles. The topological polar surface area (TPSA) is 102 Å². The number of nitrogens with zero attached hydrogens (tertiary/aromatic N) is 3. The fourth-order valence-electron chi connectivity index (χ4n) is 3.85. The maximum Gasteiger partial charge on any atom is 0.313 e. The Morgan fingerprint density at radius 3 is 2.86 bits per heavy atom. The molecule has 0 spiro atoms. The zero-order chi connectivity index (χ0) is 20.3. The Hall–Kier alpha value is -2.74. The van der Waals surface area contributed by atoms with Gasteiger partial charge in [-0.25, -0.2) is 4.98 Å². The Kier molecular flexibility index (Phi) is 5.79. The van der Waals surface area contributed by atoms with Crippen LogP contribution in [-0.4, -0.2) is 58.2 Å². The number of rotatable bonds is 6. The van der Waals surface area contributed by atoms with Crippen LogP contribution < -0.4 is 5.56 Å². The molecule has 1 aromatic heterocycles. The highest BCUT2D eigenvalue weighted by molar-refractivity contribution is 5.81. The minimum Gasteiger partial charge on any atom is -0.481 e. The van der Waals surface area contributed by atoms with E-state index in [-0.39, 0.29) is 37.6 Å². The van der Waals surface area contributed by atoms with E-state index in [1.807, 2.05) is 19.1 Å². The lowest BCUT2D eigenvalue weighted by Gasteiger charge is -2.39. The zero-order valence-corrected chi connectivity index (χ0v) is 16.2. The molecular formula is C20H25N3O5. The van der Waals surface area contributed by atoms with Crippen molar-refractivity contribution in [2.24, 2.45) is 5.41 Å². The van der Waals surface area contributed by atoms with Crippen LogP contribution in [0.15, 0.2) is 29.3 Å². The molecule has 1 saturated heterocycles. The van der Waals surface area contributed by atoms with Gasteiger partial charge in [0.25, 0.3) is 5.56 Å². The predicted molar refractivity (Wildman–Crippen MR) is 103 cm³/mol. The van der Waals surface area contributed by atoms with Crippen LogP contribution >= 0.6 is 0 Å². The number of aliphatic carboxylic acids is 1. The van der Waals surface area contributed by atoms with Crippen molar-refractivity contribution in [2.75, 3.05) is 26.8 Å². The third kappa shape index (κ3) is 3.77. The number of piperidine rings is 1. The SMILES string of the molecule is COCC1(C(=O)O)CCCN(C(=O)CCn2cnc3c(C)cccc3c2=O)C1. The number of para-hydroxylation sites is 1. The monoisotopic (exact) mass is 387 g/mol. The number of likely N-dealkylation sites (tertiary alicyclic amines) is 1. The molecule has 0 saturated carbocycles. The number of carboxylic acid groups (broad SMARTS) is 1. The van der Waals surface area contributed by atoms with Crippen molar-refractivity contribution in [3.63, 3.8) is 0 Å². The van der Waals surface area contributed by atoms with Gasteiger partial charge in [0.05, 0.1) is 23.8 Å². The van der Waals surface area contributed by atoms with Gasteiger partial charge in [0.15, 0.2) is 0 Å². The highest BCUT2D eigenvalue weighted by atomic mass is 16.5. The van der Waals surface area contributed by atoms with Crippen LogP contribution in [0.3, 0.4) is 0 Å². The summed E-state index contributed by atoms with van der Waals surface area (Å²) < 4.78 is 6.53. The Morgan fingerprint density at radius 2 is 2.14 bits per heavy atom. The molecule has 1 aromatic carbocycles. The number of hydrogen-bond acceptors (Lipinski definition) is 5. The summed E-state index contributed by atoms with van der Waals surface area (Å²) in [5, 5.41) is 10.1. The second kappa shape index (κ2) is 8.10. The molecule has 1 amide bonds. The summed E-state index contributed by atoms with van der Waals surface area (Å²) in [6.07, 6.45) is 2.67. The number of hydrogen-bond donors (Lipinski definition) is 1. The van der Waals surface area contributed by atoms with Crippen LogP contribution in [0, 0.1) is 12.3 Å². The maximum absolute atomic E-state index is 12.7. The molecule has 8 heteroatoms. The number of aryl methyl sites for hydroxylation is 2. The molecule has 2 heterocycles. The van der Waals surface area contributed by atoms with E-state index >= 15 is 0 Å². The van der Waals surface area contributed by atoms with Gasteiger partial charge in [-0.1, -0.05) is 12.1 Å². The molecule has 1 atom stereocenters. The quantitative estimate of drug-likeness (QED) is 0.805. The average Bonchev–Trinajstić information content (AvgIpc) is 2.68. The molecule has 1 fully saturated rings. The summed E-state index contributed by atoms with van der Waals surface area (Å²) in [6, 6.07) is 5.44. The molecular weight excluding hydrogens is 362 g/mol.